The summed E-state index contributed by atoms with van der Waals surface area (Å²) in [6.45, 7) is 3.72. The van der Waals surface area contributed by atoms with Crippen LogP contribution in [0.2, 0.25) is 0 Å². The largest absolute Gasteiger partial charge is 0.497 e. The summed E-state index contributed by atoms with van der Waals surface area (Å²) in [6.07, 6.45) is 1.37. The zero-order valence-electron chi connectivity index (χ0n) is 13.2. The van der Waals surface area contributed by atoms with E-state index in [4.69, 9.17) is 24.0 Å². The van der Waals surface area contributed by atoms with Crippen LogP contribution in [0.15, 0.2) is 35.9 Å². The Kier molecular flexibility index (Phi) is 3.07. The summed E-state index contributed by atoms with van der Waals surface area (Å²) in [7, 11) is 1.59. The third-order valence-electron chi connectivity index (χ3n) is 4.76. The average molecular weight is 318 g/mol. The monoisotopic (exact) mass is 318 g/mol. The lowest BCUT2D eigenvalue weighted by Crippen LogP contribution is -2.63. The fraction of sp³-hybridized carbons (Fsp3) is 0.471. The van der Waals surface area contributed by atoms with E-state index >= 15 is 0 Å². The van der Waals surface area contributed by atoms with Gasteiger partial charge in [-0.15, -0.1) is 0 Å². The topological polar surface area (TPSA) is 63.2 Å². The smallest absolute Gasteiger partial charge is 0.340 e. The summed E-state index contributed by atoms with van der Waals surface area (Å²) in [6, 6.07) is 7.41. The molecular weight excluding hydrogens is 300 g/mol. The standard InChI is InChI=1S/C17H18O6/c1-10-16(2)8-13-15(18)20-14(9-17(13,21-10)23-22-16)11-5-4-6-12(7-11)19-3/h4-8,10,14H,9H2,1-3H3/t10?,14?,16-,17+/m1/s1. The summed E-state index contributed by atoms with van der Waals surface area (Å²) in [5.41, 5.74) is 0.423. The molecule has 1 spiro atoms. The Morgan fingerprint density at radius 2 is 2.13 bits per heavy atom. The molecule has 0 radical (unpaired) electrons. The van der Waals surface area contributed by atoms with Crippen LogP contribution in [0.25, 0.3) is 0 Å². The average Bonchev–Trinajstić information content (AvgIpc) is 2.55. The molecule has 2 bridgehead atoms. The third kappa shape index (κ3) is 2.09. The molecule has 4 heterocycles. The first kappa shape index (κ1) is 14.7. The number of cyclic esters (lactones) is 1. The van der Waals surface area contributed by atoms with E-state index in [1.165, 1.54) is 0 Å². The second kappa shape index (κ2) is 4.80. The highest BCUT2D eigenvalue weighted by atomic mass is 17.3. The molecule has 6 heteroatoms. The van der Waals surface area contributed by atoms with Gasteiger partial charge in [0.2, 0.25) is 5.79 Å². The zero-order valence-corrected chi connectivity index (χ0v) is 13.2. The van der Waals surface area contributed by atoms with Crippen molar-refractivity contribution >= 4 is 5.97 Å². The Balaban J connectivity index is 1.71. The summed E-state index contributed by atoms with van der Waals surface area (Å²) >= 11 is 0. The van der Waals surface area contributed by atoms with Gasteiger partial charge >= 0.3 is 5.97 Å². The number of esters is 1. The molecule has 4 aliphatic heterocycles. The second-order valence-electron chi connectivity index (χ2n) is 6.30. The van der Waals surface area contributed by atoms with Gasteiger partial charge in [-0.2, -0.15) is 4.89 Å². The first-order valence-electron chi connectivity index (χ1n) is 7.59. The molecule has 0 amide bonds. The zero-order chi connectivity index (χ0) is 16.2. The van der Waals surface area contributed by atoms with Crippen molar-refractivity contribution in [1.29, 1.82) is 0 Å². The number of hydrogen-bond acceptors (Lipinski definition) is 6. The maximum Gasteiger partial charge on any atom is 0.340 e. The molecule has 1 aromatic carbocycles. The predicted molar refractivity (Wildman–Crippen MR) is 78.4 cm³/mol. The van der Waals surface area contributed by atoms with E-state index in [2.05, 4.69) is 0 Å². The van der Waals surface area contributed by atoms with Crippen LogP contribution in [0.3, 0.4) is 0 Å². The van der Waals surface area contributed by atoms with Crippen molar-refractivity contribution in [3.8, 4) is 5.75 Å². The number of ether oxygens (including phenoxy) is 3. The van der Waals surface area contributed by atoms with E-state index in [9.17, 15) is 4.79 Å². The lowest BCUT2D eigenvalue weighted by molar-refractivity contribution is -0.518. The lowest BCUT2D eigenvalue weighted by Gasteiger charge is -2.53. The summed E-state index contributed by atoms with van der Waals surface area (Å²) in [5, 5.41) is 0. The number of fused-ring (bicyclic) bond motifs is 2. The van der Waals surface area contributed by atoms with Gasteiger partial charge in [0, 0.05) is 0 Å². The van der Waals surface area contributed by atoms with E-state index in [-0.39, 0.29) is 6.10 Å². The van der Waals surface area contributed by atoms with Gasteiger partial charge in [-0.1, -0.05) is 12.1 Å². The van der Waals surface area contributed by atoms with Gasteiger partial charge in [-0.25, -0.2) is 9.68 Å². The number of rotatable bonds is 2. The minimum absolute atomic E-state index is 0.225. The van der Waals surface area contributed by atoms with Crippen LogP contribution in [0.1, 0.15) is 31.9 Å². The molecule has 122 valence electrons. The van der Waals surface area contributed by atoms with E-state index in [0.717, 1.165) is 5.56 Å². The van der Waals surface area contributed by atoms with Crippen molar-refractivity contribution in [2.45, 2.75) is 43.9 Å². The predicted octanol–water partition coefficient (Wildman–Crippen LogP) is 2.45. The molecule has 0 saturated carbocycles. The molecule has 2 unspecified atom stereocenters. The molecule has 23 heavy (non-hydrogen) atoms. The minimum Gasteiger partial charge on any atom is -0.497 e. The van der Waals surface area contributed by atoms with Crippen molar-refractivity contribution in [2.75, 3.05) is 7.11 Å². The quantitative estimate of drug-likeness (QED) is 0.616. The number of carbonyl (C=O) groups is 1. The normalized spacial score (nSPS) is 38.6. The van der Waals surface area contributed by atoms with Crippen molar-refractivity contribution in [1.82, 2.24) is 0 Å². The highest BCUT2D eigenvalue weighted by Crippen LogP contribution is 2.51. The summed E-state index contributed by atoms with van der Waals surface area (Å²) in [5.74, 6) is -0.950. The van der Waals surface area contributed by atoms with Crippen LogP contribution >= 0.6 is 0 Å². The third-order valence-corrected chi connectivity index (χ3v) is 4.76. The van der Waals surface area contributed by atoms with Crippen LogP contribution in [0.4, 0.5) is 0 Å². The Bertz CT molecular complexity index is 698. The molecular formula is C17H18O6. The fourth-order valence-electron chi connectivity index (χ4n) is 3.21. The van der Waals surface area contributed by atoms with Crippen LogP contribution in [-0.2, 0) is 24.0 Å². The van der Waals surface area contributed by atoms with Gasteiger partial charge in [0.25, 0.3) is 0 Å². The summed E-state index contributed by atoms with van der Waals surface area (Å²) < 4.78 is 16.8. The van der Waals surface area contributed by atoms with E-state index in [0.29, 0.717) is 17.7 Å². The Labute approximate surface area is 133 Å². The molecule has 2 saturated heterocycles. The molecule has 5 rings (SSSR count). The lowest BCUT2D eigenvalue weighted by atomic mass is 9.83. The molecule has 4 aliphatic rings. The van der Waals surface area contributed by atoms with Gasteiger partial charge in [-0.3, -0.25) is 0 Å². The molecule has 0 aliphatic carbocycles. The van der Waals surface area contributed by atoms with E-state index < -0.39 is 23.5 Å². The molecule has 0 aromatic heterocycles. The molecule has 6 nitrogen and oxygen atoms in total. The van der Waals surface area contributed by atoms with Gasteiger partial charge in [0.05, 0.1) is 25.2 Å². The molecule has 1 aromatic rings. The molecule has 0 N–H and O–H groups in total. The molecule has 4 atom stereocenters. The Morgan fingerprint density at radius 3 is 2.87 bits per heavy atom. The van der Waals surface area contributed by atoms with Crippen LogP contribution in [0, 0.1) is 0 Å². The van der Waals surface area contributed by atoms with Gasteiger partial charge in [-0.05, 0) is 37.6 Å². The van der Waals surface area contributed by atoms with E-state index in [1.54, 1.807) is 13.2 Å². The number of carbonyl (C=O) groups excluding carboxylic acids is 1. The maximum absolute atomic E-state index is 12.5. The van der Waals surface area contributed by atoms with Gasteiger partial charge in [0.1, 0.15) is 17.5 Å². The Hall–Kier alpha value is -1.89. The molecule has 2 fully saturated rings. The highest BCUT2D eigenvalue weighted by Gasteiger charge is 2.61. The van der Waals surface area contributed by atoms with Crippen LogP contribution < -0.4 is 4.74 Å². The van der Waals surface area contributed by atoms with Gasteiger partial charge < -0.3 is 14.2 Å². The number of hydrogen-bond donors (Lipinski definition) is 0. The Morgan fingerprint density at radius 1 is 1.30 bits per heavy atom. The van der Waals surface area contributed by atoms with Crippen LogP contribution in [-0.4, -0.2) is 30.6 Å². The number of methoxy groups -OCH3 is 1. The van der Waals surface area contributed by atoms with Gasteiger partial charge in [0.15, 0.2) is 0 Å². The van der Waals surface area contributed by atoms with Crippen molar-refractivity contribution in [2.24, 2.45) is 0 Å². The second-order valence-corrected chi connectivity index (χ2v) is 6.30. The minimum atomic E-state index is -1.21. The summed E-state index contributed by atoms with van der Waals surface area (Å²) in [4.78, 5) is 23.4. The fourth-order valence-corrected chi connectivity index (χ4v) is 3.21. The number of benzene rings is 1. The maximum atomic E-state index is 12.5. The SMILES string of the molecule is COc1cccc(C2C[C@]34OO[C@](C)(C=C3C(=O)O2)C(C)O4)c1. The van der Waals surface area contributed by atoms with Crippen molar-refractivity contribution < 1.29 is 28.8 Å². The van der Waals surface area contributed by atoms with Crippen molar-refractivity contribution in [3.63, 3.8) is 0 Å². The van der Waals surface area contributed by atoms with Crippen LogP contribution in [0.5, 0.6) is 5.75 Å². The van der Waals surface area contributed by atoms with E-state index in [1.807, 2.05) is 38.1 Å². The first-order valence-corrected chi connectivity index (χ1v) is 7.59. The highest BCUT2D eigenvalue weighted by molar-refractivity contribution is 5.92. The van der Waals surface area contributed by atoms with Crippen molar-refractivity contribution in [3.05, 3.63) is 41.5 Å². The first-order chi connectivity index (χ1) is 11.0.